The lowest BCUT2D eigenvalue weighted by atomic mass is 10.1. The van der Waals surface area contributed by atoms with Crippen molar-refractivity contribution in [2.45, 2.75) is 26.9 Å². The molecule has 0 aliphatic heterocycles. The van der Waals surface area contributed by atoms with E-state index in [9.17, 15) is 14.9 Å². The molecule has 4 rings (SSSR count). The van der Waals surface area contributed by atoms with E-state index in [2.05, 4.69) is 21.9 Å². The summed E-state index contributed by atoms with van der Waals surface area (Å²) < 4.78 is 6.63. The van der Waals surface area contributed by atoms with Crippen LogP contribution in [0.4, 0.5) is 5.69 Å². The van der Waals surface area contributed by atoms with Crippen molar-refractivity contribution in [3.8, 4) is 6.07 Å². The number of aromatic nitrogens is 2. The third-order valence-corrected chi connectivity index (χ3v) is 5.01. The second-order valence-corrected chi connectivity index (χ2v) is 7.54. The van der Waals surface area contributed by atoms with Gasteiger partial charge in [0, 0.05) is 6.20 Å². The highest BCUT2D eigenvalue weighted by Crippen LogP contribution is 2.17. The zero-order chi connectivity index (χ0) is 22.8. The van der Waals surface area contributed by atoms with Crippen molar-refractivity contribution in [1.29, 1.82) is 5.26 Å². The fraction of sp³-hybridized carbons (Fsp3) is 0.167. The van der Waals surface area contributed by atoms with Gasteiger partial charge in [-0.3, -0.25) is 9.20 Å². The molecule has 0 unspecified atom stereocenters. The minimum absolute atomic E-state index is 0.190. The van der Waals surface area contributed by atoms with Crippen molar-refractivity contribution in [1.82, 2.24) is 14.8 Å². The van der Waals surface area contributed by atoms with Crippen molar-refractivity contribution in [2.24, 2.45) is 0 Å². The average Bonchev–Trinajstić information content (AvgIpc) is 3.15. The summed E-state index contributed by atoms with van der Waals surface area (Å²) in [6, 6.07) is 16.2. The molecule has 0 saturated heterocycles. The minimum Gasteiger partial charge on any atom is -0.459 e. The maximum atomic E-state index is 13.2. The van der Waals surface area contributed by atoms with E-state index >= 15 is 0 Å². The molecule has 2 heterocycles. The normalized spacial score (nSPS) is 11.7. The van der Waals surface area contributed by atoms with E-state index in [1.54, 1.807) is 51.1 Å². The number of fused-ring (bicyclic) bond motifs is 3. The molecule has 0 aliphatic carbocycles. The molecule has 0 amide bonds. The predicted octanol–water partition coefficient (Wildman–Crippen LogP) is 2.67. The van der Waals surface area contributed by atoms with E-state index in [0.717, 1.165) is 0 Å². The lowest BCUT2D eigenvalue weighted by Gasteiger charge is -2.09. The SMILES string of the molecule is Cc1c(C#N)c2nc3ccccc3n2c(=O)/c1=C/NNc1ccc(C(=O)OC(C)C)cc1. The van der Waals surface area contributed by atoms with Gasteiger partial charge in [0.2, 0.25) is 0 Å². The minimum atomic E-state index is -0.386. The molecule has 2 aromatic carbocycles. The number of imidazole rings is 1. The summed E-state index contributed by atoms with van der Waals surface area (Å²) in [5.41, 5.74) is 9.27. The number of nitriles is 1. The summed E-state index contributed by atoms with van der Waals surface area (Å²) in [5, 5.41) is 10.0. The number of hydrogen-bond acceptors (Lipinski definition) is 7. The van der Waals surface area contributed by atoms with Gasteiger partial charge in [0.25, 0.3) is 5.56 Å². The first-order valence-corrected chi connectivity index (χ1v) is 10.1. The lowest BCUT2D eigenvalue weighted by Crippen LogP contribution is -2.36. The van der Waals surface area contributed by atoms with E-state index in [1.165, 1.54) is 10.6 Å². The molecule has 0 bridgehead atoms. The number of hydrazine groups is 1. The summed E-state index contributed by atoms with van der Waals surface area (Å²) in [6.45, 7) is 5.31. The van der Waals surface area contributed by atoms with E-state index in [0.29, 0.717) is 44.3 Å². The fourth-order valence-electron chi connectivity index (χ4n) is 3.45. The number of pyridine rings is 1. The molecule has 0 saturated carbocycles. The molecule has 2 N–H and O–H groups in total. The zero-order valence-corrected chi connectivity index (χ0v) is 17.8. The number of carbonyl (C=O) groups is 1. The molecule has 0 radical (unpaired) electrons. The summed E-state index contributed by atoms with van der Waals surface area (Å²) in [6.07, 6.45) is 1.33. The van der Waals surface area contributed by atoms with E-state index in [4.69, 9.17) is 4.74 Å². The average molecular weight is 427 g/mol. The Labute approximate surface area is 183 Å². The molecular formula is C24H21N5O3. The van der Waals surface area contributed by atoms with Gasteiger partial charge in [-0.15, -0.1) is 0 Å². The maximum Gasteiger partial charge on any atom is 0.338 e. The van der Waals surface area contributed by atoms with Gasteiger partial charge in [-0.2, -0.15) is 5.26 Å². The van der Waals surface area contributed by atoms with Crippen LogP contribution in [0.5, 0.6) is 0 Å². The summed E-state index contributed by atoms with van der Waals surface area (Å²) >= 11 is 0. The van der Waals surface area contributed by atoms with Gasteiger partial charge in [-0.1, -0.05) is 12.1 Å². The first-order chi connectivity index (χ1) is 15.4. The molecule has 160 valence electrons. The van der Waals surface area contributed by atoms with Crippen LogP contribution in [-0.4, -0.2) is 21.5 Å². The standard InChI is InChI=1S/C24H21N5O3/c1-14(2)32-24(31)16-8-10-17(11-9-16)28-26-13-19-15(3)18(12-25)22-27-20-6-4-5-7-21(20)29(22)23(19)30/h4-11,13-14,26,28H,1-3H3/b19-13+. The summed E-state index contributed by atoms with van der Waals surface area (Å²) in [7, 11) is 0. The van der Waals surface area contributed by atoms with Gasteiger partial charge in [-0.25, -0.2) is 9.78 Å². The number of para-hydroxylation sites is 2. The highest BCUT2D eigenvalue weighted by molar-refractivity contribution is 5.90. The van der Waals surface area contributed by atoms with Crippen LogP contribution in [0.25, 0.3) is 22.9 Å². The molecule has 4 aromatic rings. The topological polar surface area (TPSA) is 109 Å². The zero-order valence-electron chi connectivity index (χ0n) is 17.8. The lowest BCUT2D eigenvalue weighted by molar-refractivity contribution is 0.0378. The molecule has 0 atom stereocenters. The highest BCUT2D eigenvalue weighted by atomic mass is 16.5. The summed E-state index contributed by atoms with van der Waals surface area (Å²) in [4.78, 5) is 29.6. The van der Waals surface area contributed by atoms with Gasteiger partial charge in [0.15, 0.2) is 5.65 Å². The Balaban J connectivity index is 1.66. The van der Waals surface area contributed by atoms with Crippen LogP contribution in [-0.2, 0) is 4.74 Å². The number of nitrogens with zero attached hydrogens (tertiary/aromatic N) is 3. The predicted molar refractivity (Wildman–Crippen MR) is 122 cm³/mol. The number of ether oxygens (including phenoxy) is 1. The van der Waals surface area contributed by atoms with Gasteiger partial charge in [0.1, 0.15) is 6.07 Å². The van der Waals surface area contributed by atoms with Gasteiger partial charge in [0.05, 0.1) is 39.2 Å². The molecule has 32 heavy (non-hydrogen) atoms. The van der Waals surface area contributed by atoms with E-state index in [-0.39, 0.29) is 17.6 Å². The Morgan fingerprint density at radius 1 is 1.19 bits per heavy atom. The third-order valence-electron chi connectivity index (χ3n) is 5.01. The van der Waals surface area contributed by atoms with Crippen molar-refractivity contribution in [2.75, 3.05) is 5.43 Å². The van der Waals surface area contributed by atoms with Crippen LogP contribution in [0.15, 0.2) is 53.3 Å². The number of nitrogens with one attached hydrogen (secondary N) is 2. The Kier molecular flexibility index (Phi) is 5.48. The molecule has 0 fully saturated rings. The molecule has 8 heteroatoms. The number of hydrogen-bond donors (Lipinski definition) is 2. The Bertz CT molecular complexity index is 1480. The first-order valence-electron chi connectivity index (χ1n) is 10.1. The smallest absolute Gasteiger partial charge is 0.338 e. The number of rotatable bonds is 5. The van der Waals surface area contributed by atoms with E-state index < -0.39 is 0 Å². The van der Waals surface area contributed by atoms with Crippen LogP contribution in [0.2, 0.25) is 0 Å². The molecule has 0 spiro atoms. The Morgan fingerprint density at radius 3 is 2.59 bits per heavy atom. The van der Waals surface area contributed by atoms with Crippen LogP contribution < -0.4 is 21.6 Å². The molecule has 2 aromatic heterocycles. The van der Waals surface area contributed by atoms with E-state index in [1.807, 2.05) is 18.2 Å². The van der Waals surface area contributed by atoms with Gasteiger partial charge < -0.3 is 15.6 Å². The highest BCUT2D eigenvalue weighted by Gasteiger charge is 2.16. The second-order valence-electron chi connectivity index (χ2n) is 7.54. The largest absolute Gasteiger partial charge is 0.459 e. The second kappa shape index (κ2) is 8.40. The Morgan fingerprint density at radius 2 is 1.91 bits per heavy atom. The van der Waals surface area contributed by atoms with Crippen LogP contribution in [0, 0.1) is 18.3 Å². The first kappa shape index (κ1) is 20.9. The number of benzene rings is 2. The van der Waals surface area contributed by atoms with Crippen molar-refractivity contribution in [3.63, 3.8) is 0 Å². The number of esters is 1. The van der Waals surface area contributed by atoms with Crippen molar-refractivity contribution in [3.05, 3.63) is 80.8 Å². The maximum absolute atomic E-state index is 13.2. The third kappa shape index (κ3) is 3.72. The van der Waals surface area contributed by atoms with Crippen LogP contribution >= 0.6 is 0 Å². The monoisotopic (exact) mass is 427 g/mol. The molecule has 0 aliphatic rings. The van der Waals surface area contributed by atoms with Gasteiger partial charge >= 0.3 is 5.97 Å². The number of anilines is 1. The number of carbonyl (C=O) groups excluding carboxylic acids is 1. The van der Waals surface area contributed by atoms with Gasteiger partial charge in [-0.05, 0) is 62.7 Å². The quantitative estimate of drug-likeness (QED) is 0.372. The van der Waals surface area contributed by atoms with Crippen molar-refractivity contribution < 1.29 is 9.53 Å². The molecular weight excluding hydrogens is 406 g/mol. The molecule has 8 nitrogen and oxygen atoms in total. The Hall–Kier alpha value is -4.38. The fourth-order valence-corrected chi connectivity index (χ4v) is 3.45. The van der Waals surface area contributed by atoms with Crippen molar-refractivity contribution >= 4 is 34.5 Å². The van der Waals surface area contributed by atoms with Crippen LogP contribution in [0.1, 0.15) is 35.3 Å². The van der Waals surface area contributed by atoms with Crippen LogP contribution in [0.3, 0.4) is 0 Å². The summed E-state index contributed by atoms with van der Waals surface area (Å²) in [5.74, 6) is -0.386.